The first-order chi connectivity index (χ1) is 7.68. The van der Waals surface area contributed by atoms with Crippen LogP contribution in [0, 0.1) is 11.8 Å². The molecule has 1 N–H and O–H groups in total. The van der Waals surface area contributed by atoms with E-state index in [9.17, 15) is 9.59 Å². The Labute approximate surface area is 94.4 Å². The third kappa shape index (κ3) is 2.35. The Kier molecular flexibility index (Phi) is 3.43. The first-order valence-electron chi connectivity index (χ1n) is 5.78. The van der Waals surface area contributed by atoms with Crippen molar-refractivity contribution in [3.8, 4) is 0 Å². The lowest BCUT2D eigenvalue weighted by Crippen LogP contribution is -2.43. The zero-order valence-corrected chi connectivity index (χ0v) is 9.22. The Morgan fingerprint density at radius 3 is 2.31 bits per heavy atom. The Balaban J connectivity index is 1.84. The van der Waals surface area contributed by atoms with Crippen molar-refractivity contribution in [2.45, 2.75) is 19.3 Å². The van der Waals surface area contributed by atoms with Crippen LogP contribution in [0.25, 0.3) is 0 Å². The average molecular weight is 227 g/mol. The van der Waals surface area contributed by atoms with E-state index in [-0.39, 0.29) is 17.7 Å². The number of piperidine rings is 1. The van der Waals surface area contributed by atoms with Crippen molar-refractivity contribution in [3.05, 3.63) is 0 Å². The molecule has 2 aliphatic heterocycles. The normalized spacial score (nSPS) is 27.0. The van der Waals surface area contributed by atoms with E-state index in [0.29, 0.717) is 39.1 Å². The van der Waals surface area contributed by atoms with E-state index >= 15 is 0 Å². The molecule has 0 radical (unpaired) electrons. The lowest BCUT2D eigenvalue weighted by atomic mass is 9.96. The summed E-state index contributed by atoms with van der Waals surface area (Å²) in [5.74, 6) is -0.872. The van der Waals surface area contributed by atoms with Crippen molar-refractivity contribution >= 4 is 11.9 Å². The van der Waals surface area contributed by atoms with E-state index in [1.54, 1.807) is 4.90 Å². The van der Waals surface area contributed by atoms with Crippen molar-refractivity contribution in [2.75, 3.05) is 26.3 Å². The molecule has 1 atom stereocenters. The predicted octanol–water partition coefficient (Wildman–Crippen LogP) is 0.346. The van der Waals surface area contributed by atoms with Gasteiger partial charge in [0.15, 0.2) is 0 Å². The lowest BCUT2D eigenvalue weighted by Gasteiger charge is -2.31. The van der Waals surface area contributed by atoms with Gasteiger partial charge in [-0.3, -0.25) is 9.59 Å². The number of carbonyl (C=O) groups excluding carboxylic acids is 1. The summed E-state index contributed by atoms with van der Waals surface area (Å²) in [5.41, 5.74) is 0. The molecule has 0 spiro atoms. The van der Waals surface area contributed by atoms with E-state index in [4.69, 9.17) is 9.84 Å². The summed E-state index contributed by atoms with van der Waals surface area (Å²) in [4.78, 5) is 24.5. The number of ether oxygens (including phenoxy) is 1. The first-order valence-corrected chi connectivity index (χ1v) is 5.78. The molecule has 5 nitrogen and oxygen atoms in total. The molecule has 0 aromatic heterocycles. The minimum atomic E-state index is -0.740. The van der Waals surface area contributed by atoms with Crippen LogP contribution in [-0.2, 0) is 14.3 Å². The summed E-state index contributed by atoms with van der Waals surface area (Å²) in [6.07, 6.45) is 1.96. The molecule has 0 aromatic carbocycles. The molecule has 0 aromatic rings. The molecular weight excluding hydrogens is 210 g/mol. The van der Waals surface area contributed by atoms with Crippen LogP contribution in [0.1, 0.15) is 19.3 Å². The fraction of sp³-hybridized carbons (Fsp3) is 0.818. The van der Waals surface area contributed by atoms with Gasteiger partial charge in [-0.15, -0.1) is 0 Å². The average Bonchev–Trinajstić information content (AvgIpc) is 2.81. The highest BCUT2D eigenvalue weighted by Gasteiger charge is 2.32. The number of carboxylic acid groups (broad SMARTS) is 1. The van der Waals surface area contributed by atoms with Gasteiger partial charge in [0.2, 0.25) is 5.91 Å². The number of rotatable bonds is 2. The van der Waals surface area contributed by atoms with Gasteiger partial charge < -0.3 is 14.7 Å². The van der Waals surface area contributed by atoms with Crippen molar-refractivity contribution < 1.29 is 19.4 Å². The fourth-order valence-electron chi connectivity index (χ4n) is 2.33. The molecule has 2 aliphatic rings. The van der Waals surface area contributed by atoms with E-state index < -0.39 is 5.97 Å². The number of hydrogen-bond donors (Lipinski definition) is 1. The first kappa shape index (κ1) is 11.4. The van der Waals surface area contributed by atoms with Crippen LogP contribution in [0.3, 0.4) is 0 Å². The summed E-state index contributed by atoms with van der Waals surface area (Å²) in [6.45, 7) is 2.35. The summed E-state index contributed by atoms with van der Waals surface area (Å²) in [7, 11) is 0. The Morgan fingerprint density at radius 2 is 1.81 bits per heavy atom. The maximum atomic E-state index is 12.0. The Hall–Kier alpha value is -1.10. The maximum absolute atomic E-state index is 12.0. The quantitative estimate of drug-likeness (QED) is 0.739. The van der Waals surface area contributed by atoms with Crippen LogP contribution in [0.15, 0.2) is 0 Å². The minimum absolute atomic E-state index is 0.00128. The molecule has 2 saturated heterocycles. The SMILES string of the molecule is O=C(O)C1CCN(C(=O)C2CCOC2)CC1. The molecule has 5 heteroatoms. The highest BCUT2D eigenvalue weighted by Crippen LogP contribution is 2.21. The van der Waals surface area contributed by atoms with Crippen LogP contribution < -0.4 is 0 Å². The molecule has 0 bridgehead atoms. The van der Waals surface area contributed by atoms with Gasteiger partial charge in [0.1, 0.15) is 0 Å². The summed E-state index contributed by atoms with van der Waals surface area (Å²) >= 11 is 0. The monoisotopic (exact) mass is 227 g/mol. The van der Waals surface area contributed by atoms with Gasteiger partial charge in [-0.1, -0.05) is 0 Å². The molecular formula is C11H17NO4. The molecule has 1 amide bonds. The van der Waals surface area contributed by atoms with Gasteiger partial charge >= 0.3 is 5.97 Å². The standard InChI is InChI=1S/C11H17NO4/c13-10(9-3-6-16-7-9)12-4-1-8(2-5-12)11(14)15/h8-9H,1-7H2,(H,14,15). The predicted molar refractivity (Wildman–Crippen MR) is 55.9 cm³/mol. The van der Waals surface area contributed by atoms with Gasteiger partial charge in [-0.2, -0.15) is 0 Å². The van der Waals surface area contributed by atoms with E-state index in [0.717, 1.165) is 6.42 Å². The summed E-state index contributed by atoms with van der Waals surface area (Å²) in [5, 5.41) is 8.85. The van der Waals surface area contributed by atoms with Gasteiger partial charge in [-0.05, 0) is 19.3 Å². The summed E-state index contributed by atoms with van der Waals surface area (Å²) < 4.78 is 5.19. The largest absolute Gasteiger partial charge is 0.481 e. The van der Waals surface area contributed by atoms with Crippen LogP contribution in [-0.4, -0.2) is 48.2 Å². The van der Waals surface area contributed by atoms with Gasteiger partial charge in [-0.25, -0.2) is 0 Å². The minimum Gasteiger partial charge on any atom is -0.481 e. The number of hydrogen-bond acceptors (Lipinski definition) is 3. The molecule has 1 unspecified atom stereocenters. The zero-order chi connectivity index (χ0) is 11.5. The third-order valence-electron chi connectivity index (χ3n) is 3.43. The second-order valence-electron chi connectivity index (χ2n) is 4.50. The fourth-order valence-corrected chi connectivity index (χ4v) is 2.33. The number of amides is 1. The van der Waals surface area contributed by atoms with Gasteiger partial charge in [0.05, 0.1) is 18.4 Å². The molecule has 2 heterocycles. The Morgan fingerprint density at radius 1 is 1.12 bits per heavy atom. The van der Waals surface area contributed by atoms with Crippen molar-refractivity contribution in [2.24, 2.45) is 11.8 Å². The highest BCUT2D eigenvalue weighted by atomic mass is 16.5. The van der Waals surface area contributed by atoms with Crippen molar-refractivity contribution in [3.63, 3.8) is 0 Å². The summed E-state index contributed by atoms with van der Waals surface area (Å²) in [6, 6.07) is 0. The van der Waals surface area contributed by atoms with E-state index in [2.05, 4.69) is 0 Å². The smallest absolute Gasteiger partial charge is 0.306 e. The highest BCUT2D eigenvalue weighted by molar-refractivity contribution is 5.79. The van der Waals surface area contributed by atoms with Crippen molar-refractivity contribution in [1.29, 1.82) is 0 Å². The van der Waals surface area contributed by atoms with E-state index in [1.165, 1.54) is 0 Å². The number of nitrogens with zero attached hydrogens (tertiary/aromatic N) is 1. The van der Waals surface area contributed by atoms with Crippen LogP contribution in [0.4, 0.5) is 0 Å². The van der Waals surface area contributed by atoms with Crippen LogP contribution >= 0.6 is 0 Å². The lowest BCUT2D eigenvalue weighted by molar-refractivity contribution is -0.146. The van der Waals surface area contributed by atoms with Gasteiger partial charge in [0, 0.05) is 19.7 Å². The second kappa shape index (κ2) is 4.82. The number of likely N-dealkylation sites (tertiary alicyclic amines) is 1. The molecule has 0 aliphatic carbocycles. The number of aliphatic carboxylic acids is 1. The van der Waals surface area contributed by atoms with Crippen molar-refractivity contribution in [1.82, 2.24) is 4.90 Å². The molecule has 0 saturated carbocycles. The van der Waals surface area contributed by atoms with E-state index in [1.807, 2.05) is 0 Å². The van der Waals surface area contributed by atoms with Gasteiger partial charge in [0.25, 0.3) is 0 Å². The second-order valence-corrected chi connectivity index (χ2v) is 4.50. The molecule has 90 valence electrons. The zero-order valence-electron chi connectivity index (χ0n) is 9.22. The Bertz CT molecular complexity index is 278. The van der Waals surface area contributed by atoms with Crippen LogP contribution in [0.2, 0.25) is 0 Å². The maximum Gasteiger partial charge on any atom is 0.306 e. The number of carboxylic acids is 1. The van der Waals surface area contributed by atoms with Crippen LogP contribution in [0.5, 0.6) is 0 Å². The topological polar surface area (TPSA) is 66.8 Å². The number of carbonyl (C=O) groups is 2. The third-order valence-corrected chi connectivity index (χ3v) is 3.43. The molecule has 2 fully saturated rings. The molecule has 2 rings (SSSR count). The molecule has 16 heavy (non-hydrogen) atoms.